The van der Waals surface area contributed by atoms with Crippen molar-refractivity contribution >= 4 is 15.4 Å². The molecule has 0 amide bonds. The van der Waals surface area contributed by atoms with Gasteiger partial charge in [0, 0.05) is 32.0 Å². The molecular formula is C28H42SiTi-5. The van der Waals surface area contributed by atoms with E-state index in [9.17, 15) is 0 Å². The summed E-state index contributed by atoms with van der Waals surface area (Å²) in [6.07, 6.45) is 3.36. The Morgan fingerprint density at radius 1 is 0.767 bits per heavy atom. The van der Waals surface area contributed by atoms with Crippen LogP contribution in [-0.4, -0.2) is 10.2 Å². The summed E-state index contributed by atoms with van der Waals surface area (Å²) in [6.45, 7) is 17.0. The normalized spacial score (nSPS) is 13.5. The molecule has 30 heavy (non-hydrogen) atoms. The van der Waals surface area contributed by atoms with Crippen LogP contribution in [0, 0.1) is 68.0 Å². The molecule has 2 heteroatoms. The van der Waals surface area contributed by atoms with Crippen molar-refractivity contribution in [1.29, 1.82) is 0 Å². The minimum atomic E-state index is 0. The third kappa shape index (κ3) is 13.2. The fraction of sp³-hybridized carbons (Fsp3) is 0.321. The molecule has 0 nitrogen and oxygen atoms in total. The summed E-state index contributed by atoms with van der Waals surface area (Å²) >= 11 is 0. The number of benzene rings is 2. The molecule has 1 aliphatic rings. The van der Waals surface area contributed by atoms with E-state index in [0.717, 1.165) is 0 Å². The molecule has 0 heterocycles. The molecule has 0 bridgehead atoms. The van der Waals surface area contributed by atoms with Gasteiger partial charge in [0.1, 0.15) is 0 Å². The zero-order chi connectivity index (χ0) is 19.9. The van der Waals surface area contributed by atoms with Crippen LogP contribution in [-0.2, 0) is 21.7 Å². The van der Waals surface area contributed by atoms with Crippen LogP contribution < -0.4 is 5.19 Å². The van der Waals surface area contributed by atoms with Crippen molar-refractivity contribution in [3.05, 3.63) is 110 Å². The van der Waals surface area contributed by atoms with Crippen molar-refractivity contribution in [2.45, 2.75) is 55.4 Å². The van der Waals surface area contributed by atoms with Gasteiger partial charge in [0.2, 0.25) is 0 Å². The molecule has 167 valence electrons. The summed E-state index contributed by atoms with van der Waals surface area (Å²) in [5.74, 6) is 0.560. The van der Waals surface area contributed by atoms with Gasteiger partial charge in [0.15, 0.2) is 0 Å². The van der Waals surface area contributed by atoms with Gasteiger partial charge in [-0.3, -0.25) is 6.08 Å². The molecule has 0 spiro atoms. The molecule has 0 saturated heterocycles. The molecule has 0 aliphatic heterocycles. The molecule has 0 fully saturated rings. The number of rotatable bonds is 0. The summed E-state index contributed by atoms with van der Waals surface area (Å²) in [4.78, 5) is 0. The van der Waals surface area contributed by atoms with Crippen LogP contribution in [0.5, 0.6) is 0 Å². The largest absolute Gasteiger partial charge is 0.358 e. The van der Waals surface area contributed by atoms with E-state index in [1.807, 2.05) is 23.2 Å². The molecule has 1 unspecified atom stereocenters. The van der Waals surface area contributed by atoms with E-state index < -0.39 is 0 Å². The molecule has 1 aliphatic carbocycles. The number of hydrogen-bond donors (Lipinski definition) is 0. The van der Waals surface area contributed by atoms with Crippen LogP contribution >= 0.6 is 0 Å². The van der Waals surface area contributed by atoms with Crippen molar-refractivity contribution in [3.63, 3.8) is 0 Å². The quantitative estimate of drug-likeness (QED) is 0.306. The minimum absolute atomic E-state index is 0. The first-order valence-electron chi connectivity index (χ1n) is 9.23. The van der Waals surface area contributed by atoms with Gasteiger partial charge >= 0.3 is 0 Å². The standard InChI is InChI=1S/C9H13.C8H11Si.C8H9.3CH3.Ti/c1-6-5-7(2)9(4)8(6)3;1-6-3-7(2)5-8(9)4-6;1-7-3-5-8(2)6-4-7;;;;/h6H,1-4H3;3-5H,9H2,1-2H3;3-5H,1-2H3;3*1H3;/q-1;;4*-1;. The van der Waals surface area contributed by atoms with E-state index in [2.05, 4.69) is 90.9 Å². The number of aryl methyl sites for hydroxylation is 4. The van der Waals surface area contributed by atoms with E-state index in [1.54, 1.807) is 0 Å². The predicted octanol–water partition coefficient (Wildman–Crippen LogP) is 6.74. The molecular weight excluding hydrogens is 412 g/mol. The monoisotopic (exact) mass is 454 g/mol. The second-order valence-electron chi connectivity index (χ2n) is 7.34. The van der Waals surface area contributed by atoms with Gasteiger partial charge in [-0.1, -0.05) is 75.0 Å². The summed E-state index contributed by atoms with van der Waals surface area (Å²) in [5, 5.41) is 1.38. The average Bonchev–Trinajstić information content (AvgIpc) is 2.76. The average molecular weight is 455 g/mol. The topological polar surface area (TPSA) is 0 Å². The van der Waals surface area contributed by atoms with E-state index in [4.69, 9.17) is 0 Å². The molecule has 2 aromatic carbocycles. The van der Waals surface area contributed by atoms with Crippen LogP contribution in [0.15, 0.2) is 53.1 Å². The Hall–Kier alpha value is -1.15. The first-order chi connectivity index (χ1) is 12.1. The second-order valence-corrected chi connectivity index (χ2v) is 8.16. The van der Waals surface area contributed by atoms with E-state index in [1.165, 1.54) is 44.2 Å². The first kappa shape index (κ1) is 36.2. The number of hydrogen-bond acceptors (Lipinski definition) is 0. The van der Waals surface area contributed by atoms with Crippen LogP contribution in [0.1, 0.15) is 49.9 Å². The summed E-state index contributed by atoms with van der Waals surface area (Å²) in [5.41, 5.74) is 9.45. The Morgan fingerprint density at radius 3 is 1.50 bits per heavy atom. The maximum absolute atomic E-state index is 3.36. The molecule has 3 rings (SSSR count). The van der Waals surface area contributed by atoms with Gasteiger partial charge < -0.3 is 22.3 Å². The zero-order valence-electron chi connectivity index (χ0n) is 21.2. The Bertz CT molecular complexity index is 711. The van der Waals surface area contributed by atoms with Crippen molar-refractivity contribution in [2.75, 3.05) is 0 Å². The minimum Gasteiger partial charge on any atom is -0.358 e. The molecule has 2 aromatic rings. The van der Waals surface area contributed by atoms with Gasteiger partial charge in [-0.2, -0.15) is 46.5 Å². The summed E-state index contributed by atoms with van der Waals surface area (Å²) < 4.78 is 0. The Balaban J connectivity index is -0.000000159. The van der Waals surface area contributed by atoms with Crippen LogP contribution in [0.3, 0.4) is 0 Å². The third-order valence-electron chi connectivity index (χ3n) is 4.64. The Kier molecular flexibility index (Phi) is 21.2. The van der Waals surface area contributed by atoms with Crippen LogP contribution in [0.25, 0.3) is 0 Å². The van der Waals surface area contributed by atoms with Gasteiger partial charge in [0.05, 0.1) is 0 Å². The van der Waals surface area contributed by atoms with Gasteiger partial charge in [0.25, 0.3) is 0 Å². The van der Waals surface area contributed by atoms with Gasteiger partial charge in [-0.15, -0.1) is 6.92 Å². The Labute approximate surface area is 207 Å². The molecule has 1 atom stereocenters. The van der Waals surface area contributed by atoms with Crippen LogP contribution in [0.4, 0.5) is 0 Å². The molecule has 0 N–H and O–H groups in total. The fourth-order valence-electron chi connectivity index (χ4n) is 2.81. The van der Waals surface area contributed by atoms with Crippen molar-refractivity contribution in [3.8, 4) is 0 Å². The van der Waals surface area contributed by atoms with Crippen molar-refractivity contribution < 1.29 is 21.7 Å². The summed E-state index contributed by atoms with van der Waals surface area (Å²) in [6, 6.07) is 15.8. The smallest absolute Gasteiger partial charge is 0.0477 e. The fourth-order valence-corrected chi connectivity index (χ4v) is 3.46. The molecule has 1 radical (unpaired) electrons. The molecule has 0 aromatic heterocycles. The first-order valence-corrected chi connectivity index (χ1v) is 9.94. The maximum atomic E-state index is 3.36. The van der Waals surface area contributed by atoms with E-state index in [-0.39, 0.29) is 44.0 Å². The van der Waals surface area contributed by atoms with Gasteiger partial charge in [-0.05, 0) is 13.8 Å². The van der Waals surface area contributed by atoms with E-state index >= 15 is 0 Å². The number of allylic oxidation sites excluding steroid dienone is 4. The molecule has 0 saturated carbocycles. The second kappa shape index (κ2) is 17.5. The van der Waals surface area contributed by atoms with Crippen molar-refractivity contribution in [2.24, 2.45) is 5.92 Å². The van der Waals surface area contributed by atoms with Gasteiger partial charge in [-0.25, -0.2) is 5.57 Å². The maximum Gasteiger partial charge on any atom is 0.0477 e. The van der Waals surface area contributed by atoms with Crippen LogP contribution in [0.2, 0.25) is 0 Å². The van der Waals surface area contributed by atoms with E-state index in [0.29, 0.717) is 5.92 Å². The predicted molar refractivity (Wildman–Crippen MR) is 138 cm³/mol. The zero-order valence-corrected chi connectivity index (χ0v) is 24.2. The third-order valence-corrected chi connectivity index (χ3v) is 5.05. The van der Waals surface area contributed by atoms with Crippen molar-refractivity contribution in [1.82, 2.24) is 0 Å². The Morgan fingerprint density at radius 2 is 1.27 bits per heavy atom. The summed E-state index contributed by atoms with van der Waals surface area (Å²) in [7, 11) is 1.93. The SMILES string of the molecule is CC1=[C-]C(C)C(C)=C1C.Cc1[c-]cc(C)cc1.Cc1cc(C)cc([SiH2])c1.[CH3-].[CH3-].[CH3-].[Ti].